The zero-order valence-electron chi connectivity index (χ0n) is 17.3. The molecule has 158 valence electrons. The Labute approximate surface area is 190 Å². The maximum absolute atomic E-state index is 12.2. The van der Waals surface area contributed by atoms with Crippen molar-refractivity contribution in [2.24, 2.45) is 0 Å². The molecule has 4 heteroatoms. The van der Waals surface area contributed by atoms with Crippen molar-refractivity contribution in [1.29, 1.82) is 0 Å². The number of aliphatic carboxylic acids is 1. The summed E-state index contributed by atoms with van der Waals surface area (Å²) in [6.07, 6.45) is 5.70. The lowest BCUT2D eigenvalue weighted by Gasteiger charge is -2.34. The molecule has 2 atom stereocenters. The molecule has 4 aromatic rings. The molecule has 1 aliphatic carbocycles. The van der Waals surface area contributed by atoms with Gasteiger partial charge in [0.25, 0.3) is 0 Å². The lowest BCUT2D eigenvalue weighted by Crippen LogP contribution is -2.32. The Balaban J connectivity index is 1.58. The number of ether oxygens (including phenoxy) is 1. The Morgan fingerprint density at radius 1 is 0.938 bits per heavy atom. The molecule has 0 spiro atoms. The van der Waals surface area contributed by atoms with Crippen LogP contribution >= 0.6 is 11.3 Å². The smallest absolute Gasteiger partial charge is 0.337 e. The minimum atomic E-state index is -1.07. The molecule has 3 nitrogen and oxygen atoms in total. The van der Waals surface area contributed by atoms with Gasteiger partial charge in [0, 0.05) is 16.0 Å². The van der Waals surface area contributed by atoms with Crippen LogP contribution in [0.15, 0.2) is 109 Å². The standard InChI is InChI=1S/C28H22O3S/c29-27(30)26(22-11-5-2-6-12-22)31-28(25-19-23-13-7-8-14-24(23)32-25)17-15-21(16-18-28)20-9-3-1-4-10-20/h1-17,19,26H,18H2,(H,29,30). The summed E-state index contributed by atoms with van der Waals surface area (Å²) in [7, 11) is 0. The van der Waals surface area contributed by atoms with Gasteiger partial charge in [-0.1, -0.05) is 91.0 Å². The summed E-state index contributed by atoms with van der Waals surface area (Å²) < 4.78 is 7.66. The van der Waals surface area contributed by atoms with Gasteiger partial charge in [-0.2, -0.15) is 0 Å². The zero-order chi connectivity index (χ0) is 22.0. The first-order chi connectivity index (χ1) is 15.6. The quantitative estimate of drug-likeness (QED) is 0.353. The van der Waals surface area contributed by atoms with Gasteiger partial charge in [0.2, 0.25) is 0 Å². The highest BCUT2D eigenvalue weighted by molar-refractivity contribution is 7.19. The van der Waals surface area contributed by atoms with Crippen LogP contribution < -0.4 is 0 Å². The average molecular weight is 439 g/mol. The average Bonchev–Trinajstić information content (AvgIpc) is 3.29. The zero-order valence-corrected chi connectivity index (χ0v) is 18.2. The van der Waals surface area contributed by atoms with Crippen molar-refractivity contribution in [2.45, 2.75) is 18.1 Å². The third-order valence-electron chi connectivity index (χ3n) is 5.76. The van der Waals surface area contributed by atoms with Crippen molar-refractivity contribution in [2.75, 3.05) is 0 Å². The van der Waals surface area contributed by atoms with E-state index in [1.165, 1.54) is 0 Å². The molecule has 5 rings (SSSR count). The van der Waals surface area contributed by atoms with Crippen molar-refractivity contribution in [3.63, 3.8) is 0 Å². The number of carboxylic acids is 1. The van der Waals surface area contributed by atoms with Crippen molar-refractivity contribution in [1.82, 2.24) is 0 Å². The van der Waals surface area contributed by atoms with Crippen LogP contribution in [-0.4, -0.2) is 11.1 Å². The van der Waals surface area contributed by atoms with Gasteiger partial charge in [-0.25, -0.2) is 4.79 Å². The Morgan fingerprint density at radius 2 is 1.62 bits per heavy atom. The maximum Gasteiger partial charge on any atom is 0.337 e. The first-order valence-corrected chi connectivity index (χ1v) is 11.4. The molecule has 0 bridgehead atoms. The SMILES string of the molecule is O=C(O)C(OC1(c2cc3ccccc3s2)C=CC(c2ccccc2)=CC1)c1ccccc1. The summed E-state index contributed by atoms with van der Waals surface area (Å²) >= 11 is 1.65. The highest BCUT2D eigenvalue weighted by atomic mass is 32.1. The molecule has 1 N–H and O–H groups in total. The predicted molar refractivity (Wildman–Crippen MR) is 130 cm³/mol. The minimum absolute atomic E-state index is 0.553. The second-order valence-electron chi connectivity index (χ2n) is 7.85. The van der Waals surface area contributed by atoms with E-state index in [4.69, 9.17) is 4.74 Å². The topological polar surface area (TPSA) is 46.5 Å². The van der Waals surface area contributed by atoms with Crippen LogP contribution in [0.2, 0.25) is 0 Å². The third-order valence-corrected chi connectivity index (χ3v) is 7.04. The number of hydrogen-bond donors (Lipinski definition) is 1. The van der Waals surface area contributed by atoms with E-state index in [2.05, 4.69) is 36.4 Å². The molecule has 0 saturated heterocycles. The largest absolute Gasteiger partial charge is 0.479 e. The fourth-order valence-electron chi connectivity index (χ4n) is 4.08. The summed E-state index contributed by atoms with van der Waals surface area (Å²) in [4.78, 5) is 13.2. The van der Waals surface area contributed by atoms with Crippen LogP contribution in [0.5, 0.6) is 0 Å². The molecule has 0 saturated carbocycles. The Morgan fingerprint density at radius 3 is 2.28 bits per heavy atom. The number of thiophene rings is 1. The van der Waals surface area contributed by atoms with E-state index in [9.17, 15) is 9.90 Å². The van der Waals surface area contributed by atoms with Crippen molar-refractivity contribution < 1.29 is 14.6 Å². The van der Waals surface area contributed by atoms with Crippen molar-refractivity contribution in [3.8, 4) is 0 Å². The Hall–Kier alpha value is -3.47. The number of carboxylic acid groups (broad SMARTS) is 1. The van der Waals surface area contributed by atoms with Crippen LogP contribution in [0.25, 0.3) is 15.7 Å². The fourth-order valence-corrected chi connectivity index (χ4v) is 5.27. The first kappa shape index (κ1) is 20.4. The van der Waals surface area contributed by atoms with Gasteiger partial charge < -0.3 is 9.84 Å². The lowest BCUT2D eigenvalue weighted by molar-refractivity contribution is -0.161. The van der Waals surface area contributed by atoms with Gasteiger partial charge in [0.05, 0.1) is 0 Å². The van der Waals surface area contributed by atoms with Gasteiger partial charge >= 0.3 is 5.97 Å². The molecule has 2 unspecified atom stereocenters. The van der Waals surface area contributed by atoms with E-state index in [0.717, 1.165) is 26.1 Å². The normalized spacial score (nSPS) is 18.9. The molecule has 0 fully saturated rings. The monoisotopic (exact) mass is 438 g/mol. The van der Waals surface area contributed by atoms with Crippen LogP contribution in [0.3, 0.4) is 0 Å². The number of hydrogen-bond acceptors (Lipinski definition) is 3. The summed E-state index contributed by atoms with van der Waals surface area (Å²) in [6.45, 7) is 0. The van der Waals surface area contributed by atoms with Gasteiger partial charge in [0.15, 0.2) is 6.10 Å². The highest BCUT2D eigenvalue weighted by Gasteiger charge is 2.39. The summed E-state index contributed by atoms with van der Waals surface area (Å²) in [5.74, 6) is -0.997. The molecule has 1 aromatic heterocycles. The molecule has 1 heterocycles. The van der Waals surface area contributed by atoms with Crippen LogP contribution in [0.1, 0.15) is 28.5 Å². The summed E-state index contributed by atoms with van der Waals surface area (Å²) in [6, 6.07) is 29.7. The van der Waals surface area contributed by atoms with Crippen LogP contribution in [0.4, 0.5) is 0 Å². The lowest BCUT2D eigenvalue weighted by atomic mass is 9.87. The Kier molecular flexibility index (Phi) is 5.48. The second-order valence-corrected chi connectivity index (χ2v) is 8.93. The molecule has 0 amide bonds. The maximum atomic E-state index is 12.2. The number of allylic oxidation sites excluding steroid dienone is 2. The summed E-state index contributed by atoms with van der Waals surface area (Å²) in [5.41, 5.74) is 2.01. The van der Waals surface area contributed by atoms with E-state index in [-0.39, 0.29) is 0 Å². The van der Waals surface area contributed by atoms with Gasteiger partial charge in [-0.3, -0.25) is 0 Å². The second kappa shape index (κ2) is 8.58. The molecular weight excluding hydrogens is 416 g/mol. The van der Waals surface area contributed by atoms with E-state index in [1.54, 1.807) is 23.5 Å². The number of rotatable bonds is 6. The minimum Gasteiger partial charge on any atom is -0.479 e. The van der Waals surface area contributed by atoms with Crippen LogP contribution in [0, 0.1) is 0 Å². The molecular formula is C28H22O3S. The molecule has 3 aromatic carbocycles. The van der Waals surface area contributed by atoms with E-state index >= 15 is 0 Å². The first-order valence-electron chi connectivity index (χ1n) is 10.5. The van der Waals surface area contributed by atoms with Gasteiger partial charge in [0.1, 0.15) is 5.60 Å². The van der Waals surface area contributed by atoms with E-state index in [0.29, 0.717) is 12.0 Å². The number of benzene rings is 3. The molecule has 1 aliphatic rings. The van der Waals surface area contributed by atoms with Crippen LogP contribution in [-0.2, 0) is 15.1 Å². The molecule has 32 heavy (non-hydrogen) atoms. The number of fused-ring (bicyclic) bond motifs is 1. The summed E-state index contributed by atoms with van der Waals surface area (Å²) in [5, 5.41) is 11.2. The van der Waals surface area contributed by atoms with Crippen molar-refractivity contribution in [3.05, 3.63) is 125 Å². The van der Waals surface area contributed by atoms with E-state index in [1.807, 2.05) is 60.7 Å². The predicted octanol–water partition coefficient (Wildman–Crippen LogP) is 6.98. The fraction of sp³-hybridized carbons (Fsp3) is 0.107. The van der Waals surface area contributed by atoms with Gasteiger partial charge in [-0.15, -0.1) is 11.3 Å². The molecule has 0 aliphatic heterocycles. The molecule has 0 radical (unpaired) electrons. The van der Waals surface area contributed by atoms with Gasteiger partial charge in [-0.05, 0) is 40.3 Å². The third kappa shape index (κ3) is 3.91. The highest BCUT2D eigenvalue weighted by Crippen LogP contribution is 2.45. The Bertz CT molecular complexity index is 1270. The van der Waals surface area contributed by atoms with Crippen molar-refractivity contribution >= 4 is 33.0 Å². The van der Waals surface area contributed by atoms with E-state index < -0.39 is 17.7 Å². The number of carbonyl (C=O) groups is 1.